The van der Waals surface area contributed by atoms with Gasteiger partial charge in [-0.3, -0.25) is 14.5 Å². The van der Waals surface area contributed by atoms with E-state index < -0.39 is 6.10 Å². The van der Waals surface area contributed by atoms with Crippen LogP contribution in [0.4, 0.5) is 0 Å². The second-order valence-electron chi connectivity index (χ2n) is 10.0. The fourth-order valence-corrected chi connectivity index (χ4v) is 6.84. The summed E-state index contributed by atoms with van der Waals surface area (Å²) in [7, 11) is 2.11. The summed E-state index contributed by atoms with van der Waals surface area (Å²) in [5.74, 6) is 0.600. The topological polar surface area (TPSA) is 109 Å². The van der Waals surface area contributed by atoms with E-state index in [9.17, 15) is 14.7 Å². The zero-order chi connectivity index (χ0) is 22.7. The first-order valence-electron chi connectivity index (χ1n) is 12.3. The highest BCUT2D eigenvalue weighted by Gasteiger charge is 2.37. The van der Waals surface area contributed by atoms with Gasteiger partial charge in [-0.15, -0.1) is 11.8 Å². The van der Waals surface area contributed by atoms with E-state index in [1.54, 1.807) is 4.90 Å². The molecule has 2 amide bonds. The number of piperidine rings is 1. The van der Waals surface area contributed by atoms with Crippen LogP contribution in [0.3, 0.4) is 0 Å². The molecule has 10 heteroatoms. The van der Waals surface area contributed by atoms with E-state index in [4.69, 9.17) is 0 Å². The summed E-state index contributed by atoms with van der Waals surface area (Å²) < 4.78 is 0. The second-order valence-corrected chi connectivity index (χ2v) is 11.5. The molecule has 0 aromatic rings. The van der Waals surface area contributed by atoms with Gasteiger partial charge in [0.15, 0.2) is 0 Å². The van der Waals surface area contributed by atoms with E-state index in [0.29, 0.717) is 43.6 Å². The SMILES string of the molecule is C[C@@H](SC1NNCN1C)C1CCCC(NC(=O)C2CC(C(=O)N3CC[C@H](O)C3)CCN2)C1. The van der Waals surface area contributed by atoms with Crippen molar-refractivity contribution in [1.82, 2.24) is 31.3 Å². The first-order valence-corrected chi connectivity index (χ1v) is 13.2. The number of β-amino-alcohol motifs (C(OH)–C–C–N with tert-alkyl or cyclic N) is 1. The van der Waals surface area contributed by atoms with Crippen LogP contribution in [-0.4, -0.2) is 89.0 Å². The van der Waals surface area contributed by atoms with E-state index in [2.05, 4.69) is 40.4 Å². The number of rotatable bonds is 6. The molecule has 32 heavy (non-hydrogen) atoms. The average molecular weight is 469 g/mol. The zero-order valence-electron chi connectivity index (χ0n) is 19.4. The molecule has 0 aromatic heterocycles. The molecule has 7 atom stereocenters. The lowest BCUT2D eigenvalue weighted by molar-refractivity contribution is -0.136. The molecule has 0 radical (unpaired) electrons. The average Bonchev–Trinajstić information content (AvgIpc) is 3.41. The number of nitrogens with zero attached hydrogens (tertiary/aromatic N) is 2. The molecular weight excluding hydrogens is 428 g/mol. The largest absolute Gasteiger partial charge is 0.391 e. The van der Waals surface area contributed by atoms with Gasteiger partial charge in [0.1, 0.15) is 5.50 Å². The predicted octanol–water partition coefficient (Wildman–Crippen LogP) is 0.0252. The molecule has 4 aliphatic rings. The van der Waals surface area contributed by atoms with E-state index in [0.717, 1.165) is 32.4 Å². The Bertz CT molecular complexity index is 670. The van der Waals surface area contributed by atoms with E-state index >= 15 is 0 Å². The monoisotopic (exact) mass is 468 g/mol. The molecule has 3 saturated heterocycles. The third-order valence-electron chi connectivity index (χ3n) is 7.57. The first-order chi connectivity index (χ1) is 15.4. The molecule has 1 aliphatic carbocycles. The Balaban J connectivity index is 1.25. The van der Waals surface area contributed by atoms with E-state index in [1.165, 1.54) is 6.42 Å². The van der Waals surface area contributed by atoms with Crippen molar-refractivity contribution in [2.45, 2.75) is 80.8 Å². The summed E-state index contributed by atoms with van der Waals surface area (Å²) in [6.45, 7) is 4.90. The van der Waals surface area contributed by atoms with Gasteiger partial charge in [0.05, 0.1) is 18.8 Å². The molecule has 3 heterocycles. The molecule has 5 N–H and O–H groups in total. The molecule has 4 rings (SSSR count). The highest BCUT2D eigenvalue weighted by Crippen LogP contribution is 2.35. The van der Waals surface area contributed by atoms with Gasteiger partial charge in [0.2, 0.25) is 11.8 Å². The Kier molecular flexibility index (Phi) is 8.33. The van der Waals surface area contributed by atoms with Crippen LogP contribution < -0.4 is 21.5 Å². The van der Waals surface area contributed by atoms with Gasteiger partial charge in [-0.25, -0.2) is 10.9 Å². The highest BCUT2D eigenvalue weighted by atomic mass is 32.2. The standard InChI is InChI=1S/C22H40N6O3S/c1-14(32-22-26-24-13-27(22)2)15-4-3-5-17(10-15)25-20(30)19-11-16(6-8-23-19)21(31)28-9-7-18(29)12-28/h14-19,22-24,26,29H,3-13H2,1-2H3,(H,25,30)/t14-,15?,16?,17?,18+,19?,22?/m1/s1. The second kappa shape index (κ2) is 11.0. The number of likely N-dealkylation sites (tertiary alicyclic amines) is 1. The number of hydrazine groups is 1. The van der Waals surface area contributed by atoms with Crippen LogP contribution in [0.1, 0.15) is 51.9 Å². The third-order valence-corrected chi connectivity index (χ3v) is 9.12. The lowest BCUT2D eigenvalue weighted by Gasteiger charge is -2.36. The van der Waals surface area contributed by atoms with E-state index in [1.807, 2.05) is 11.8 Å². The van der Waals surface area contributed by atoms with Gasteiger partial charge < -0.3 is 20.6 Å². The highest BCUT2D eigenvalue weighted by molar-refractivity contribution is 8.00. The van der Waals surface area contributed by atoms with Gasteiger partial charge in [-0.2, -0.15) is 0 Å². The number of amides is 2. The minimum absolute atomic E-state index is 0.0382. The van der Waals surface area contributed by atoms with Crippen LogP contribution >= 0.6 is 11.8 Å². The van der Waals surface area contributed by atoms with Gasteiger partial charge in [-0.05, 0) is 58.0 Å². The quantitative estimate of drug-likeness (QED) is 0.371. The zero-order valence-corrected chi connectivity index (χ0v) is 20.2. The normalized spacial score (nSPS) is 37.4. The van der Waals surface area contributed by atoms with Gasteiger partial charge in [0, 0.05) is 30.3 Å². The van der Waals surface area contributed by atoms with Crippen molar-refractivity contribution in [3.63, 3.8) is 0 Å². The summed E-state index contributed by atoms with van der Waals surface area (Å²) >= 11 is 1.95. The smallest absolute Gasteiger partial charge is 0.237 e. The Morgan fingerprint density at radius 3 is 2.75 bits per heavy atom. The minimum atomic E-state index is -0.402. The Morgan fingerprint density at radius 2 is 2.03 bits per heavy atom. The molecule has 0 spiro atoms. The van der Waals surface area contributed by atoms with Crippen LogP contribution in [0.5, 0.6) is 0 Å². The number of hydrogen-bond acceptors (Lipinski definition) is 8. The molecular formula is C22H40N6O3S. The van der Waals surface area contributed by atoms with Crippen LogP contribution in [0, 0.1) is 11.8 Å². The number of aliphatic hydroxyl groups excluding tert-OH is 1. The van der Waals surface area contributed by atoms with Gasteiger partial charge >= 0.3 is 0 Å². The van der Waals surface area contributed by atoms with Crippen LogP contribution in [-0.2, 0) is 9.59 Å². The summed E-state index contributed by atoms with van der Waals surface area (Å²) in [5.41, 5.74) is 6.79. The van der Waals surface area contributed by atoms with Crippen molar-refractivity contribution in [2.24, 2.45) is 11.8 Å². The number of carbonyl (C=O) groups excluding carboxylic acids is 2. The summed E-state index contributed by atoms with van der Waals surface area (Å²) in [6, 6.07) is -0.0943. The summed E-state index contributed by atoms with van der Waals surface area (Å²) in [6.07, 6.45) is 5.96. The van der Waals surface area contributed by atoms with Gasteiger partial charge in [-0.1, -0.05) is 13.3 Å². The fraction of sp³-hybridized carbons (Fsp3) is 0.909. The first kappa shape index (κ1) is 24.2. The Labute approximate surface area is 195 Å². The molecule has 0 aromatic carbocycles. The molecule has 3 aliphatic heterocycles. The third kappa shape index (κ3) is 5.95. The fourth-order valence-electron chi connectivity index (χ4n) is 5.53. The number of carbonyl (C=O) groups is 2. The number of thioether (sulfide) groups is 1. The van der Waals surface area contributed by atoms with Crippen molar-refractivity contribution in [3.8, 4) is 0 Å². The maximum atomic E-state index is 13.0. The molecule has 4 fully saturated rings. The van der Waals surface area contributed by atoms with Gasteiger partial charge in [0.25, 0.3) is 0 Å². The van der Waals surface area contributed by atoms with Crippen molar-refractivity contribution < 1.29 is 14.7 Å². The molecule has 5 unspecified atom stereocenters. The predicted molar refractivity (Wildman–Crippen MR) is 125 cm³/mol. The Morgan fingerprint density at radius 1 is 1.19 bits per heavy atom. The number of nitrogens with one attached hydrogen (secondary N) is 4. The maximum Gasteiger partial charge on any atom is 0.237 e. The number of hydrogen-bond donors (Lipinski definition) is 5. The van der Waals surface area contributed by atoms with Crippen LogP contribution in [0.2, 0.25) is 0 Å². The van der Waals surface area contributed by atoms with Crippen molar-refractivity contribution in [3.05, 3.63) is 0 Å². The summed E-state index contributed by atoms with van der Waals surface area (Å²) in [4.78, 5) is 29.9. The summed E-state index contributed by atoms with van der Waals surface area (Å²) in [5, 5.41) is 16.9. The number of aliphatic hydroxyl groups is 1. The maximum absolute atomic E-state index is 13.0. The van der Waals surface area contributed by atoms with Crippen LogP contribution in [0.15, 0.2) is 0 Å². The molecule has 182 valence electrons. The molecule has 9 nitrogen and oxygen atoms in total. The van der Waals surface area contributed by atoms with Crippen molar-refractivity contribution in [2.75, 3.05) is 33.4 Å². The lowest BCUT2D eigenvalue weighted by atomic mass is 9.83. The van der Waals surface area contributed by atoms with E-state index in [-0.39, 0.29) is 35.3 Å². The van der Waals surface area contributed by atoms with Crippen LogP contribution in [0.25, 0.3) is 0 Å². The Hall–Kier alpha value is -0.910. The molecule has 0 bridgehead atoms. The molecule has 1 saturated carbocycles. The minimum Gasteiger partial charge on any atom is -0.391 e. The van der Waals surface area contributed by atoms with Crippen molar-refractivity contribution >= 4 is 23.6 Å². The van der Waals surface area contributed by atoms with Crippen molar-refractivity contribution in [1.29, 1.82) is 0 Å². The lowest BCUT2D eigenvalue weighted by Crippen LogP contribution is -2.54.